The molecule has 10 nitrogen and oxygen atoms in total. The van der Waals surface area contributed by atoms with Gasteiger partial charge in [-0.15, -0.1) is 0 Å². The molecule has 222 valence electrons. The summed E-state index contributed by atoms with van der Waals surface area (Å²) in [5.74, 6) is -2.33. The van der Waals surface area contributed by atoms with Gasteiger partial charge in [-0.05, 0) is 54.7 Å². The molecule has 3 aromatic rings. The Morgan fingerprint density at radius 1 is 1.14 bits per heavy atom. The van der Waals surface area contributed by atoms with Gasteiger partial charge in [-0.3, -0.25) is 14.9 Å². The highest BCUT2D eigenvalue weighted by Gasteiger charge is 2.31. The number of hydrogen-bond donors (Lipinski definition) is 0. The van der Waals surface area contributed by atoms with Gasteiger partial charge in [0.05, 0.1) is 18.0 Å². The lowest BCUT2D eigenvalue weighted by Gasteiger charge is -2.26. The van der Waals surface area contributed by atoms with Crippen LogP contribution in [0.25, 0.3) is 0 Å². The summed E-state index contributed by atoms with van der Waals surface area (Å²) in [6, 6.07) is 17.0. The molecule has 1 aliphatic rings. The quantitative estimate of drug-likeness (QED) is 0.159. The van der Waals surface area contributed by atoms with Crippen LogP contribution in [0, 0.1) is 29.8 Å². The standard InChI is InChI=1S/C30H31FN2O8S/c1-4-39-28(34)17-26(25-12-13-27(31)30(21(25)3)33(35)36)23-11-10-20(2)24(16-23)18-32-15-14-29(41-42(32,37)38)40-19-22-8-6-5-7-9-22/h5-14,16,26H,4,15,17-19H2,1-3H3. The Morgan fingerprint density at radius 3 is 2.55 bits per heavy atom. The van der Waals surface area contributed by atoms with Crippen LogP contribution >= 0.6 is 0 Å². The van der Waals surface area contributed by atoms with Gasteiger partial charge in [-0.2, -0.15) is 17.1 Å². The minimum atomic E-state index is -4.18. The average molecular weight is 599 g/mol. The lowest BCUT2D eigenvalue weighted by atomic mass is 9.84. The summed E-state index contributed by atoms with van der Waals surface area (Å²) in [5.41, 5.74) is 2.67. The van der Waals surface area contributed by atoms with Crippen molar-refractivity contribution < 1.29 is 36.2 Å². The summed E-state index contributed by atoms with van der Waals surface area (Å²) in [5, 5.41) is 11.6. The Hall–Kier alpha value is -4.29. The highest BCUT2D eigenvalue weighted by atomic mass is 32.2. The Bertz CT molecular complexity index is 1610. The number of esters is 1. The van der Waals surface area contributed by atoms with Gasteiger partial charge in [0.2, 0.25) is 5.82 Å². The molecule has 1 atom stereocenters. The first kappa shape index (κ1) is 30.7. The third kappa shape index (κ3) is 7.12. The number of halogens is 1. The van der Waals surface area contributed by atoms with E-state index >= 15 is 0 Å². The van der Waals surface area contributed by atoms with Gasteiger partial charge < -0.3 is 13.7 Å². The molecule has 0 N–H and O–H groups in total. The van der Waals surface area contributed by atoms with E-state index in [1.54, 1.807) is 25.1 Å². The summed E-state index contributed by atoms with van der Waals surface area (Å²) in [4.78, 5) is 23.4. The van der Waals surface area contributed by atoms with Gasteiger partial charge in [0.1, 0.15) is 6.61 Å². The topological polar surface area (TPSA) is 125 Å². The Labute approximate surface area is 243 Å². The second-order valence-corrected chi connectivity index (χ2v) is 11.3. The number of nitro benzene ring substituents is 1. The first-order chi connectivity index (χ1) is 20.0. The van der Waals surface area contributed by atoms with Gasteiger partial charge in [-0.1, -0.05) is 54.6 Å². The number of ether oxygens (including phenoxy) is 2. The molecule has 0 bridgehead atoms. The van der Waals surface area contributed by atoms with Crippen LogP contribution in [-0.2, 0) is 41.9 Å². The van der Waals surface area contributed by atoms with E-state index in [4.69, 9.17) is 13.7 Å². The highest BCUT2D eigenvalue weighted by molar-refractivity contribution is 7.84. The first-order valence-corrected chi connectivity index (χ1v) is 14.6. The van der Waals surface area contributed by atoms with E-state index in [2.05, 4.69) is 0 Å². The molecule has 0 fully saturated rings. The fourth-order valence-electron chi connectivity index (χ4n) is 4.76. The fourth-order valence-corrected chi connectivity index (χ4v) is 5.74. The minimum absolute atomic E-state index is 0.00560. The van der Waals surface area contributed by atoms with E-state index in [0.717, 1.165) is 21.5 Å². The molecule has 3 aromatic carbocycles. The molecule has 42 heavy (non-hydrogen) atoms. The van der Waals surface area contributed by atoms with Crippen molar-refractivity contribution in [3.63, 3.8) is 0 Å². The van der Waals surface area contributed by atoms with Gasteiger partial charge in [-0.25, -0.2) is 0 Å². The molecule has 4 rings (SSSR count). The van der Waals surface area contributed by atoms with Crippen LogP contribution in [0.4, 0.5) is 10.1 Å². The van der Waals surface area contributed by atoms with E-state index in [1.165, 1.54) is 19.1 Å². The maximum absolute atomic E-state index is 14.3. The number of hydrogen-bond acceptors (Lipinski definition) is 8. The molecular formula is C30H31FN2O8S. The van der Waals surface area contributed by atoms with E-state index in [1.807, 2.05) is 37.3 Å². The number of carbonyl (C=O) groups is 1. The molecule has 0 aliphatic carbocycles. The number of aryl methyl sites for hydroxylation is 1. The van der Waals surface area contributed by atoms with Crippen molar-refractivity contribution in [3.05, 3.63) is 122 Å². The van der Waals surface area contributed by atoms with E-state index in [0.29, 0.717) is 16.7 Å². The lowest BCUT2D eigenvalue weighted by Crippen LogP contribution is -2.36. The molecule has 0 spiro atoms. The maximum atomic E-state index is 14.3. The van der Waals surface area contributed by atoms with Crippen LogP contribution < -0.4 is 0 Å². The summed E-state index contributed by atoms with van der Waals surface area (Å²) in [6.07, 6.45) is 1.38. The van der Waals surface area contributed by atoms with Crippen LogP contribution in [0.1, 0.15) is 52.6 Å². The third-order valence-electron chi connectivity index (χ3n) is 6.97. The van der Waals surface area contributed by atoms with Crippen LogP contribution in [0.15, 0.2) is 72.7 Å². The molecule has 12 heteroatoms. The molecule has 0 radical (unpaired) electrons. The number of rotatable bonds is 11. The molecule has 1 aliphatic heterocycles. The highest BCUT2D eigenvalue weighted by Crippen LogP contribution is 2.37. The summed E-state index contributed by atoms with van der Waals surface area (Å²) < 4.78 is 57.3. The van der Waals surface area contributed by atoms with Crippen LogP contribution in [0.5, 0.6) is 0 Å². The van der Waals surface area contributed by atoms with Crippen molar-refractivity contribution in [3.8, 4) is 0 Å². The monoisotopic (exact) mass is 598 g/mol. The Kier molecular flexibility index (Phi) is 9.59. The normalized spacial score (nSPS) is 15.3. The van der Waals surface area contributed by atoms with E-state index in [9.17, 15) is 27.7 Å². The number of carbonyl (C=O) groups excluding carboxylic acids is 1. The van der Waals surface area contributed by atoms with Gasteiger partial charge >= 0.3 is 22.0 Å². The van der Waals surface area contributed by atoms with Crippen molar-refractivity contribution in [1.29, 1.82) is 0 Å². The zero-order chi connectivity index (χ0) is 30.4. The molecule has 1 unspecified atom stereocenters. The number of benzene rings is 3. The summed E-state index contributed by atoms with van der Waals surface area (Å²) in [7, 11) is -4.18. The van der Waals surface area contributed by atoms with E-state index in [-0.39, 0.29) is 44.2 Å². The van der Waals surface area contributed by atoms with Gasteiger partial charge in [0.25, 0.3) is 5.95 Å². The third-order valence-corrected chi connectivity index (χ3v) is 8.25. The van der Waals surface area contributed by atoms with Crippen LogP contribution in [-0.4, -0.2) is 36.8 Å². The first-order valence-electron chi connectivity index (χ1n) is 13.2. The molecule has 0 aromatic heterocycles. The molecule has 0 saturated carbocycles. The van der Waals surface area contributed by atoms with Crippen molar-refractivity contribution in [2.24, 2.45) is 0 Å². The zero-order valence-corrected chi connectivity index (χ0v) is 24.2. The molecule has 0 saturated heterocycles. The molecular weight excluding hydrogens is 567 g/mol. The van der Waals surface area contributed by atoms with Crippen molar-refractivity contribution >= 4 is 22.0 Å². The SMILES string of the molecule is CCOC(=O)CC(c1ccc(C)c(CN2CC=C(OCc3ccccc3)OS2(=O)=O)c1)c1ccc(F)c([N+](=O)[O-])c1C. The lowest BCUT2D eigenvalue weighted by molar-refractivity contribution is -0.388. The zero-order valence-electron chi connectivity index (χ0n) is 23.4. The van der Waals surface area contributed by atoms with Crippen molar-refractivity contribution in [2.75, 3.05) is 13.2 Å². The average Bonchev–Trinajstić information content (AvgIpc) is 2.94. The summed E-state index contributed by atoms with van der Waals surface area (Å²) in [6.45, 7) is 5.17. The molecule has 0 amide bonds. The largest absolute Gasteiger partial charge is 0.466 e. The predicted octanol–water partition coefficient (Wildman–Crippen LogP) is 5.57. The smallest absolute Gasteiger partial charge is 0.388 e. The van der Waals surface area contributed by atoms with Crippen molar-refractivity contribution in [1.82, 2.24) is 4.31 Å². The second-order valence-electron chi connectivity index (χ2n) is 9.75. The van der Waals surface area contributed by atoms with Gasteiger partial charge in [0.15, 0.2) is 0 Å². The Morgan fingerprint density at radius 2 is 1.88 bits per heavy atom. The summed E-state index contributed by atoms with van der Waals surface area (Å²) >= 11 is 0. The Balaban J connectivity index is 1.62. The van der Waals surface area contributed by atoms with Crippen LogP contribution in [0.3, 0.4) is 0 Å². The van der Waals surface area contributed by atoms with Crippen LogP contribution in [0.2, 0.25) is 0 Å². The fraction of sp³-hybridized carbons (Fsp3) is 0.300. The number of nitrogens with zero attached hydrogens (tertiary/aromatic N) is 2. The minimum Gasteiger partial charge on any atom is -0.466 e. The van der Waals surface area contributed by atoms with Gasteiger partial charge in [0, 0.05) is 30.6 Å². The predicted molar refractivity (Wildman–Crippen MR) is 152 cm³/mol. The van der Waals surface area contributed by atoms with E-state index < -0.39 is 38.6 Å². The number of nitro groups is 1. The molecule has 1 heterocycles. The second kappa shape index (κ2) is 13.1. The maximum Gasteiger partial charge on any atom is 0.388 e. The van der Waals surface area contributed by atoms with Crippen molar-refractivity contribution in [2.45, 2.75) is 46.3 Å².